The Morgan fingerprint density at radius 1 is 0.275 bits per heavy atom. The van der Waals surface area contributed by atoms with E-state index >= 15 is 0 Å². The Hall–Kier alpha value is -9.39. The fourth-order valence-electron chi connectivity index (χ4n) is 10.4. The Kier molecular flexibility index (Phi) is 8.79. The van der Waals surface area contributed by atoms with Gasteiger partial charge in [0.2, 0.25) is 0 Å². The maximum absolute atomic E-state index is 6.70. The van der Waals surface area contributed by atoms with Gasteiger partial charge in [-0.3, -0.25) is 0 Å². The minimum absolute atomic E-state index is 0.587. The number of fused-ring (bicyclic) bond motifs is 9. The summed E-state index contributed by atoms with van der Waals surface area (Å²) in [5.74, 6) is 1.83. The molecule has 322 valence electrons. The molecule has 0 bridgehead atoms. The van der Waals surface area contributed by atoms with Gasteiger partial charge in [0, 0.05) is 60.4 Å². The Morgan fingerprint density at radius 3 is 1.30 bits per heavy atom. The quantitative estimate of drug-likeness (QED) is 0.160. The highest BCUT2D eigenvalue weighted by Gasteiger charge is 2.20. The average Bonchev–Trinajstić information content (AvgIpc) is 4.08. The fourth-order valence-corrected chi connectivity index (χ4v) is 10.4. The second-order valence-electron chi connectivity index (χ2n) is 17.6. The minimum Gasteiger partial charge on any atom is -0.456 e. The summed E-state index contributed by atoms with van der Waals surface area (Å²) >= 11 is 0. The van der Waals surface area contributed by atoms with Crippen molar-refractivity contribution in [3.05, 3.63) is 237 Å². The van der Waals surface area contributed by atoms with Gasteiger partial charge in [0.25, 0.3) is 0 Å². The zero-order chi connectivity index (χ0) is 45.4. The van der Waals surface area contributed by atoms with E-state index in [1.165, 1.54) is 43.7 Å². The lowest BCUT2D eigenvalue weighted by Gasteiger charge is -2.09. The molecule has 0 unspecified atom stereocenters. The van der Waals surface area contributed by atoms with Gasteiger partial charge >= 0.3 is 0 Å². The molecular formula is C63H39N5O. The van der Waals surface area contributed by atoms with Crippen LogP contribution in [-0.4, -0.2) is 24.1 Å². The van der Waals surface area contributed by atoms with Gasteiger partial charge in [-0.25, -0.2) is 15.0 Å². The van der Waals surface area contributed by atoms with E-state index in [1.807, 2.05) is 60.7 Å². The fraction of sp³-hybridized carbons (Fsp3) is 0. The second-order valence-corrected chi connectivity index (χ2v) is 17.6. The lowest BCUT2D eigenvalue weighted by molar-refractivity contribution is 0.669. The number of hydrogen-bond acceptors (Lipinski definition) is 4. The van der Waals surface area contributed by atoms with Crippen LogP contribution in [0, 0.1) is 0 Å². The van der Waals surface area contributed by atoms with Gasteiger partial charge in [-0.15, -0.1) is 0 Å². The Morgan fingerprint density at radius 2 is 0.725 bits per heavy atom. The first-order valence-corrected chi connectivity index (χ1v) is 23.3. The summed E-state index contributed by atoms with van der Waals surface area (Å²) in [5, 5.41) is 6.94. The average molecular weight is 882 g/mol. The van der Waals surface area contributed by atoms with Crippen LogP contribution in [0.5, 0.6) is 0 Å². The summed E-state index contributed by atoms with van der Waals surface area (Å²) in [6.45, 7) is 0. The maximum Gasteiger partial charge on any atom is 0.164 e. The van der Waals surface area contributed by atoms with Crippen LogP contribution in [0.3, 0.4) is 0 Å². The molecule has 14 rings (SSSR count). The Balaban J connectivity index is 0.914. The van der Waals surface area contributed by atoms with E-state index in [-0.39, 0.29) is 0 Å². The molecule has 0 aliphatic rings. The normalized spacial score (nSPS) is 11.8. The minimum atomic E-state index is 0.587. The Bertz CT molecular complexity index is 4230. The van der Waals surface area contributed by atoms with Gasteiger partial charge in [0.15, 0.2) is 17.5 Å². The topological polar surface area (TPSA) is 61.7 Å². The van der Waals surface area contributed by atoms with E-state index in [0.29, 0.717) is 17.5 Å². The summed E-state index contributed by atoms with van der Waals surface area (Å²) in [6.07, 6.45) is 0. The number of benzene rings is 10. The van der Waals surface area contributed by atoms with Crippen molar-refractivity contribution in [3.8, 4) is 67.8 Å². The number of aromatic nitrogens is 5. The van der Waals surface area contributed by atoms with Crippen molar-refractivity contribution in [2.75, 3.05) is 0 Å². The highest BCUT2D eigenvalue weighted by molar-refractivity contribution is 6.16. The van der Waals surface area contributed by atoms with Crippen LogP contribution in [-0.2, 0) is 0 Å². The van der Waals surface area contributed by atoms with Crippen LogP contribution in [0.1, 0.15) is 0 Å². The van der Waals surface area contributed by atoms with Crippen LogP contribution in [0.15, 0.2) is 241 Å². The summed E-state index contributed by atoms with van der Waals surface area (Å²) in [6, 6.07) is 83.5. The predicted octanol–water partition coefficient (Wildman–Crippen LogP) is 16.3. The van der Waals surface area contributed by atoms with Crippen molar-refractivity contribution < 1.29 is 4.42 Å². The number of nitrogens with zero attached hydrogens (tertiary/aromatic N) is 5. The third-order valence-electron chi connectivity index (χ3n) is 13.6. The van der Waals surface area contributed by atoms with Crippen LogP contribution in [0.2, 0.25) is 0 Å². The first-order chi connectivity index (χ1) is 34.2. The lowest BCUT2D eigenvalue weighted by atomic mass is 9.96. The molecule has 69 heavy (non-hydrogen) atoms. The highest BCUT2D eigenvalue weighted by atomic mass is 16.3. The van der Waals surface area contributed by atoms with Crippen molar-refractivity contribution in [1.82, 2.24) is 24.1 Å². The zero-order valence-electron chi connectivity index (χ0n) is 37.2. The van der Waals surface area contributed by atoms with Gasteiger partial charge < -0.3 is 13.6 Å². The molecule has 4 aromatic heterocycles. The SMILES string of the molecule is c1ccc(-c2nc(-c3ccccc3)nc(-c3ccc4c(c3)oc3cccc(-c5ccc6c(c5)c5cc(-c7ccc8c(c7)c7ccccc7n8-c7ccccc7)ccc5n6-c5ccccc5)c34)n2)cc1. The van der Waals surface area contributed by atoms with Crippen LogP contribution in [0.25, 0.3) is 133 Å². The molecule has 10 aromatic carbocycles. The molecule has 0 aliphatic heterocycles. The predicted molar refractivity (Wildman–Crippen MR) is 283 cm³/mol. The molecule has 0 amide bonds. The molecule has 0 aliphatic carbocycles. The van der Waals surface area contributed by atoms with Crippen LogP contribution in [0.4, 0.5) is 0 Å². The smallest absolute Gasteiger partial charge is 0.164 e. The molecule has 0 saturated carbocycles. The van der Waals surface area contributed by atoms with E-state index in [1.54, 1.807) is 0 Å². The molecule has 0 atom stereocenters. The summed E-state index contributed by atoms with van der Waals surface area (Å²) in [4.78, 5) is 14.9. The molecule has 0 spiro atoms. The van der Waals surface area contributed by atoms with Gasteiger partial charge in [0.1, 0.15) is 11.2 Å². The lowest BCUT2D eigenvalue weighted by Crippen LogP contribution is -2.00. The molecule has 14 aromatic rings. The molecule has 6 nitrogen and oxygen atoms in total. The zero-order valence-corrected chi connectivity index (χ0v) is 37.2. The molecule has 4 heterocycles. The van der Waals surface area contributed by atoms with Crippen molar-refractivity contribution in [2.24, 2.45) is 0 Å². The van der Waals surface area contributed by atoms with E-state index < -0.39 is 0 Å². The second kappa shape index (κ2) is 15.6. The molecular weight excluding hydrogens is 843 g/mol. The number of furan rings is 1. The van der Waals surface area contributed by atoms with Crippen LogP contribution < -0.4 is 0 Å². The van der Waals surface area contributed by atoms with E-state index in [9.17, 15) is 0 Å². The monoisotopic (exact) mass is 881 g/mol. The molecule has 6 heteroatoms. The first kappa shape index (κ1) is 38.8. The molecule has 0 radical (unpaired) electrons. The number of hydrogen-bond donors (Lipinski definition) is 0. The Labute approximate surface area is 396 Å². The van der Waals surface area contributed by atoms with Crippen molar-refractivity contribution in [2.45, 2.75) is 0 Å². The first-order valence-electron chi connectivity index (χ1n) is 23.3. The third-order valence-corrected chi connectivity index (χ3v) is 13.6. The highest BCUT2D eigenvalue weighted by Crippen LogP contribution is 2.43. The van der Waals surface area contributed by atoms with Crippen LogP contribution >= 0.6 is 0 Å². The summed E-state index contributed by atoms with van der Waals surface area (Å²) in [5.41, 5.74) is 15.8. The summed E-state index contributed by atoms with van der Waals surface area (Å²) < 4.78 is 11.5. The maximum atomic E-state index is 6.70. The van der Waals surface area contributed by atoms with E-state index in [2.05, 4.69) is 185 Å². The molecule has 0 saturated heterocycles. The van der Waals surface area contributed by atoms with Gasteiger partial charge in [-0.1, -0.05) is 152 Å². The van der Waals surface area contributed by atoms with Crippen molar-refractivity contribution in [1.29, 1.82) is 0 Å². The standard InChI is InChI=1S/C63H39N5O/c1-5-16-40(17-6-1)61-64-62(41-18-7-2-8-19-41)66-63(65-61)45-28-32-50-59(39-45)69-58-27-15-25-48(60(50)58)44-31-35-57-53(38-44)52-37-43(30-34-56(52)68(57)47-22-11-4-12-23-47)42-29-33-55-51(36-42)49-24-13-14-26-54(49)67(55)46-20-9-3-10-21-46/h1-39H. The van der Waals surface area contributed by atoms with Gasteiger partial charge in [-0.2, -0.15) is 0 Å². The van der Waals surface area contributed by atoms with E-state index in [0.717, 1.165) is 72.2 Å². The van der Waals surface area contributed by atoms with Crippen molar-refractivity contribution in [3.63, 3.8) is 0 Å². The largest absolute Gasteiger partial charge is 0.456 e. The third kappa shape index (κ3) is 6.38. The summed E-state index contributed by atoms with van der Waals surface area (Å²) in [7, 11) is 0. The number of para-hydroxylation sites is 3. The van der Waals surface area contributed by atoms with Gasteiger partial charge in [0.05, 0.1) is 22.1 Å². The van der Waals surface area contributed by atoms with Gasteiger partial charge in [-0.05, 0) is 107 Å². The number of rotatable bonds is 7. The molecule has 0 fully saturated rings. The van der Waals surface area contributed by atoms with Crippen molar-refractivity contribution >= 4 is 65.6 Å². The molecule has 0 N–H and O–H groups in total. The van der Waals surface area contributed by atoms with E-state index in [4.69, 9.17) is 19.4 Å².